The molecular weight excluding hydrogens is 612 g/mol. The van der Waals surface area contributed by atoms with Crippen LogP contribution in [-0.2, 0) is 73.7 Å². The summed E-state index contributed by atoms with van der Waals surface area (Å²) in [5.41, 5.74) is 0. The molecule has 0 radical (unpaired) electrons. The second-order valence-electron chi connectivity index (χ2n) is 11.5. The number of fused-ring (bicyclic) bond motifs is 2. The van der Waals surface area contributed by atoms with Crippen molar-refractivity contribution in [3.63, 3.8) is 0 Å². The first-order valence-electron chi connectivity index (χ1n) is 16.5. The van der Waals surface area contributed by atoms with Gasteiger partial charge in [-0.2, -0.15) is 0 Å². The fourth-order valence-electron chi connectivity index (χ4n) is 5.84. The summed E-state index contributed by atoms with van der Waals surface area (Å²) in [5, 5.41) is 0. The Hall–Kier alpha value is -3.14. The molecule has 0 aliphatic heterocycles. The Morgan fingerprint density at radius 1 is 0.596 bits per heavy atom. The molecule has 0 saturated heterocycles. The second-order valence-corrected chi connectivity index (χ2v) is 11.5. The Bertz CT molecular complexity index is 1130. The molecule has 4 atom stereocenters. The molecule has 2 aromatic rings. The molecule has 4 unspecified atom stereocenters. The number of aromatic nitrogens is 4. The van der Waals surface area contributed by atoms with Crippen LogP contribution < -0.4 is 9.13 Å². The van der Waals surface area contributed by atoms with Crippen LogP contribution in [0.1, 0.15) is 6.42 Å². The molecule has 2 aromatic heterocycles. The summed E-state index contributed by atoms with van der Waals surface area (Å²) >= 11 is 0. The normalized spacial score (nSPS) is 19.9. The molecule has 0 amide bonds. The van der Waals surface area contributed by atoms with E-state index >= 15 is 0 Å². The van der Waals surface area contributed by atoms with Crippen LogP contribution in [0.2, 0.25) is 0 Å². The minimum absolute atomic E-state index is 0.00529. The molecule has 2 aliphatic rings. The second kappa shape index (κ2) is 21.0. The number of allylic oxidation sites excluding steroid dienone is 2. The van der Waals surface area contributed by atoms with Crippen LogP contribution in [0, 0.1) is 23.7 Å². The number of hydrogen-bond acceptors (Lipinski definition) is 10. The van der Waals surface area contributed by atoms with Crippen LogP contribution in [-0.4, -0.2) is 115 Å². The van der Waals surface area contributed by atoms with E-state index in [1.807, 2.05) is 58.7 Å². The molecule has 262 valence electrons. The molecular formula is C33H52N4O10+2. The van der Waals surface area contributed by atoms with Gasteiger partial charge in [0.15, 0.2) is 0 Å². The lowest BCUT2D eigenvalue weighted by atomic mass is 9.83. The molecule has 14 heteroatoms. The van der Waals surface area contributed by atoms with Crippen LogP contribution in [0.25, 0.3) is 0 Å². The number of carbonyl (C=O) groups is 2. The first-order valence-corrected chi connectivity index (χ1v) is 16.5. The molecule has 47 heavy (non-hydrogen) atoms. The van der Waals surface area contributed by atoms with Gasteiger partial charge in [0, 0.05) is 14.2 Å². The zero-order chi connectivity index (χ0) is 33.1. The van der Waals surface area contributed by atoms with E-state index in [9.17, 15) is 9.59 Å². The van der Waals surface area contributed by atoms with Gasteiger partial charge in [0.2, 0.25) is 12.7 Å². The quantitative estimate of drug-likeness (QED) is 0.0606. The zero-order valence-electron chi connectivity index (χ0n) is 27.8. The first-order chi connectivity index (χ1) is 23.1. The number of methoxy groups -OCH3 is 2. The van der Waals surface area contributed by atoms with Crippen molar-refractivity contribution in [1.82, 2.24) is 9.13 Å². The fraction of sp³-hybridized carbons (Fsp3) is 0.697. The van der Waals surface area contributed by atoms with Gasteiger partial charge >= 0.3 is 11.9 Å². The van der Waals surface area contributed by atoms with Crippen LogP contribution in [0.4, 0.5) is 0 Å². The molecule has 4 rings (SSSR count). The third-order valence-corrected chi connectivity index (χ3v) is 8.28. The van der Waals surface area contributed by atoms with Crippen molar-refractivity contribution in [1.29, 1.82) is 0 Å². The third-order valence-electron chi connectivity index (χ3n) is 8.28. The van der Waals surface area contributed by atoms with Gasteiger partial charge in [-0.1, -0.05) is 12.2 Å². The van der Waals surface area contributed by atoms with Gasteiger partial charge in [0.25, 0.3) is 0 Å². The number of hydrogen-bond donors (Lipinski definition) is 0. The summed E-state index contributed by atoms with van der Waals surface area (Å²) in [7, 11) is 3.31. The first kappa shape index (κ1) is 36.7. The molecule has 2 aliphatic carbocycles. The summed E-state index contributed by atoms with van der Waals surface area (Å²) in [6, 6.07) is 0. The largest absolute Gasteiger partial charge is 0.463 e. The van der Waals surface area contributed by atoms with E-state index in [1.54, 1.807) is 14.2 Å². The van der Waals surface area contributed by atoms with E-state index in [0.717, 1.165) is 19.5 Å². The molecule has 2 bridgehead atoms. The summed E-state index contributed by atoms with van der Waals surface area (Å²) < 4.78 is 51.6. The smallest absolute Gasteiger partial charge is 0.310 e. The van der Waals surface area contributed by atoms with Crippen LogP contribution >= 0.6 is 0 Å². The highest BCUT2D eigenvalue weighted by Gasteiger charge is 2.53. The van der Waals surface area contributed by atoms with Crippen molar-refractivity contribution < 1.29 is 56.6 Å². The Kier molecular flexibility index (Phi) is 16.4. The molecule has 0 spiro atoms. The maximum absolute atomic E-state index is 13.0. The van der Waals surface area contributed by atoms with Crippen LogP contribution in [0.5, 0.6) is 0 Å². The molecule has 1 saturated carbocycles. The lowest BCUT2D eigenvalue weighted by Crippen LogP contribution is -2.36. The van der Waals surface area contributed by atoms with Crippen molar-refractivity contribution in [3.8, 4) is 0 Å². The van der Waals surface area contributed by atoms with Crippen molar-refractivity contribution in [3.05, 3.63) is 49.6 Å². The predicted octanol–water partition coefficient (Wildman–Crippen LogP) is 0.449. The molecule has 1 fully saturated rings. The van der Waals surface area contributed by atoms with Crippen LogP contribution in [0.15, 0.2) is 49.6 Å². The summed E-state index contributed by atoms with van der Waals surface area (Å²) in [6.07, 6.45) is 16.7. The minimum atomic E-state index is -0.530. The highest BCUT2D eigenvalue weighted by Crippen LogP contribution is 2.49. The Morgan fingerprint density at radius 3 is 1.47 bits per heavy atom. The van der Waals surface area contributed by atoms with Crippen molar-refractivity contribution in [2.75, 3.05) is 93.5 Å². The SMILES string of the molecule is COCCOCCn1cc[n+](CCOCCOC(=O)C2C3C=CC(C3)C2C(=O)OCCOCC[n+]2ccn(CCOCCOC)c2)c1. The average Bonchev–Trinajstić information content (AvgIpc) is 3.89. The van der Waals surface area contributed by atoms with Crippen molar-refractivity contribution in [2.45, 2.75) is 32.6 Å². The summed E-state index contributed by atoms with van der Waals surface area (Å²) in [4.78, 5) is 26.0. The Morgan fingerprint density at radius 2 is 1.02 bits per heavy atom. The third kappa shape index (κ3) is 12.4. The number of ether oxygens (including phenoxy) is 8. The zero-order valence-corrected chi connectivity index (χ0v) is 27.8. The molecule has 0 N–H and O–H groups in total. The summed E-state index contributed by atoms with van der Waals surface area (Å²) in [5.74, 6) is -1.80. The number of imidazole rings is 2. The van der Waals surface area contributed by atoms with E-state index < -0.39 is 11.8 Å². The maximum Gasteiger partial charge on any atom is 0.310 e. The monoisotopic (exact) mass is 664 g/mol. The number of esters is 2. The van der Waals surface area contributed by atoms with Gasteiger partial charge in [-0.05, 0) is 18.3 Å². The van der Waals surface area contributed by atoms with E-state index in [0.29, 0.717) is 65.9 Å². The van der Waals surface area contributed by atoms with Gasteiger partial charge in [0.1, 0.15) is 64.2 Å². The van der Waals surface area contributed by atoms with E-state index in [4.69, 9.17) is 37.9 Å². The highest BCUT2D eigenvalue weighted by molar-refractivity contribution is 5.84. The van der Waals surface area contributed by atoms with E-state index in [2.05, 4.69) is 9.13 Å². The van der Waals surface area contributed by atoms with E-state index in [1.165, 1.54) is 0 Å². The van der Waals surface area contributed by atoms with E-state index in [-0.39, 0.29) is 50.2 Å². The van der Waals surface area contributed by atoms with Gasteiger partial charge in [-0.3, -0.25) is 9.59 Å². The van der Waals surface area contributed by atoms with Gasteiger partial charge in [-0.25, -0.2) is 18.3 Å². The summed E-state index contributed by atoms with van der Waals surface area (Å²) in [6.45, 7) is 8.29. The number of rotatable bonds is 26. The average molecular weight is 665 g/mol. The lowest BCUT2D eigenvalue weighted by Gasteiger charge is -2.25. The van der Waals surface area contributed by atoms with Crippen LogP contribution in [0.3, 0.4) is 0 Å². The maximum atomic E-state index is 13.0. The van der Waals surface area contributed by atoms with Crippen molar-refractivity contribution in [2.24, 2.45) is 23.7 Å². The molecule has 2 heterocycles. The minimum Gasteiger partial charge on any atom is -0.463 e. The highest BCUT2D eigenvalue weighted by atomic mass is 16.6. The lowest BCUT2D eigenvalue weighted by molar-refractivity contribution is -0.698. The number of nitrogens with zero attached hydrogens (tertiary/aromatic N) is 4. The van der Waals surface area contributed by atoms with Crippen molar-refractivity contribution >= 4 is 11.9 Å². The fourth-order valence-corrected chi connectivity index (χ4v) is 5.84. The van der Waals surface area contributed by atoms with Gasteiger partial charge in [-0.15, -0.1) is 0 Å². The predicted molar refractivity (Wildman–Crippen MR) is 166 cm³/mol. The number of carbonyl (C=O) groups excluding carboxylic acids is 2. The van der Waals surface area contributed by atoms with Gasteiger partial charge < -0.3 is 37.9 Å². The standard InChI is InChI=1S/C33H52N4O10/c1-40-17-19-42-13-9-34-5-7-36(26-34)11-15-44-21-23-46-32(38)30-28-3-4-29(25-28)31(30)33(39)47-24-22-45-16-12-37-8-6-35(27-37)10-14-43-20-18-41-2/h3-8,26-31H,9-25H2,1-2H3/q+2. The molecule has 14 nitrogen and oxygen atoms in total. The topological polar surface area (TPSA) is 126 Å². The Labute approximate surface area is 277 Å². The van der Waals surface area contributed by atoms with Gasteiger partial charge in [0.05, 0.1) is 77.9 Å². The molecule has 0 aromatic carbocycles. The Balaban J connectivity index is 1.05.